The molecule has 1 aliphatic carbocycles. The Bertz CT molecular complexity index is 889. The Kier molecular flexibility index (Phi) is 7.45. The van der Waals surface area contributed by atoms with Gasteiger partial charge in [-0.1, -0.05) is 61.7 Å². The van der Waals surface area contributed by atoms with Crippen molar-refractivity contribution in [2.75, 3.05) is 7.05 Å². The van der Waals surface area contributed by atoms with Crippen molar-refractivity contribution in [3.63, 3.8) is 0 Å². The molecule has 2 aromatic carbocycles. The number of carbonyl (C=O) groups is 1. The van der Waals surface area contributed by atoms with E-state index in [-0.39, 0.29) is 16.8 Å². The molecule has 0 aliphatic heterocycles. The van der Waals surface area contributed by atoms with Gasteiger partial charge in [-0.25, -0.2) is 13.1 Å². The molecular weight excluding hydrogens is 384 g/mol. The summed E-state index contributed by atoms with van der Waals surface area (Å²) in [6.07, 6.45) is 7.01. The normalized spacial score (nSPS) is 16.3. The van der Waals surface area contributed by atoms with Gasteiger partial charge in [-0.05, 0) is 55.5 Å². The average molecular weight is 415 g/mol. The Balaban J connectivity index is 1.61. The van der Waals surface area contributed by atoms with Gasteiger partial charge in [0, 0.05) is 6.42 Å². The van der Waals surface area contributed by atoms with Crippen LogP contribution in [0.15, 0.2) is 59.5 Å². The zero-order valence-electron chi connectivity index (χ0n) is 16.9. The second-order valence-corrected chi connectivity index (χ2v) is 9.59. The summed E-state index contributed by atoms with van der Waals surface area (Å²) in [5.41, 5.74) is 2.12. The molecule has 0 aromatic heterocycles. The van der Waals surface area contributed by atoms with Gasteiger partial charge in [0.25, 0.3) is 0 Å². The van der Waals surface area contributed by atoms with Gasteiger partial charge >= 0.3 is 0 Å². The second-order valence-electron chi connectivity index (χ2n) is 7.71. The largest absolute Gasteiger partial charge is 0.349 e. The maximum Gasteiger partial charge on any atom is 0.240 e. The molecule has 156 valence electrons. The van der Waals surface area contributed by atoms with E-state index in [0.717, 1.165) is 18.4 Å². The highest BCUT2D eigenvalue weighted by molar-refractivity contribution is 7.89. The number of rotatable bonds is 8. The van der Waals surface area contributed by atoms with Crippen molar-refractivity contribution in [3.05, 3.63) is 65.7 Å². The number of nitrogens with one attached hydrogen (secondary N) is 2. The van der Waals surface area contributed by atoms with Crippen LogP contribution in [0.4, 0.5) is 0 Å². The Morgan fingerprint density at radius 2 is 1.66 bits per heavy atom. The lowest BCUT2D eigenvalue weighted by Gasteiger charge is -2.31. The first-order chi connectivity index (χ1) is 14.0. The van der Waals surface area contributed by atoms with Crippen LogP contribution in [0.3, 0.4) is 0 Å². The van der Waals surface area contributed by atoms with Crippen molar-refractivity contribution in [2.24, 2.45) is 5.92 Å². The van der Waals surface area contributed by atoms with Gasteiger partial charge in [0.05, 0.1) is 10.9 Å². The molecule has 0 radical (unpaired) electrons. The lowest BCUT2D eigenvalue weighted by atomic mass is 9.81. The third-order valence-corrected chi connectivity index (χ3v) is 7.17. The fraction of sp³-hybridized carbons (Fsp3) is 0.435. The van der Waals surface area contributed by atoms with Crippen molar-refractivity contribution in [1.29, 1.82) is 0 Å². The number of carbonyl (C=O) groups excluding carboxylic acids is 1. The summed E-state index contributed by atoms with van der Waals surface area (Å²) in [5.74, 6) is 0.525. The van der Waals surface area contributed by atoms with E-state index in [2.05, 4.69) is 22.2 Å². The minimum atomic E-state index is -3.43. The summed E-state index contributed by atoms with van der Waals surface area (Å²) in [4.78, 5) is 12.9. The van der Waals surface area contributed by atoms with Gasteiger partial charge < -0.3 is 5.32 Å². The third kappa shape index (κ3) is 5.90. The molecule has 0 saturated heterocycles. The van der Waals surface area contributed by atoms with Gasteiger partial charge in [0.2, 0.25) is 15.9 Å². The standard InChI is InChI=1S/C23H30N2O3S/c1-24-29(27,28)21-15-12-18(13-16-21)14-17-22(26)25-23(19-8-4-2-5-9-19)20-10-6-3-7-11-20/h2,4-5,8-9,12-13,15-16,20,23-24H,3,6-7,10-11,14,17H2,1H3,(H,25,26). The lowest BCUT2D eigenvalue weighted by molar-refractivity contribution is -0.122. The molecule has 1 saturated carbocycles. The predicted molar refractivity (Wildman–Crippen MR) is 115 cm³/mol. The quantitative estimate of drug-likeness (QED) is 0.686. The Morgan fingerprint density at radius 1 is 1.00 bits per heavy atom. The molecule has 5 nitrogen and oxygen atoms in total. The molecule has 1 atom stereocenters. The Labute approximate surface area is 174 Å². The lowest BCUT2D eigenvalue weighted by Crippen LogP contribution is -2.34. The SMILES string of the molecule is CNS(=O)(=O)c1ccc(CCC(=O)NC(c2ccccc2)C2CCCCC2)cc1. The van der Waals surface area contributed by atoms with Crippen molar-refractivity contribution in [3.8, 4) is 0 Å². The minimum Gasteiger partial charge on any atom is -0.349 e. The molecule has 1 unspecified atom stereocenters. The minimum absolute atomic E-state index is 0.0383. The van der Waals surface area contributed by atoms with E-state index >= 15 is 0 Å². The van der Waals surface area contributed by atoms with E-state index in [1.54, 1.807) is 24.3 Å². The molecule has 29 heavy (non-hydrogen) atoms. The molecule has 0 spiro atoms. The summed E-state index contributed by atoms with van der Waals surface area (Å²) in [5, 5.41) is 3.27. The molecular formula is C23H30N2O3S. The van der Waals surface area contributed by atoms with E-state index in [1.807, 2.05) is 18.2 Å². The van der Waals surface area contributed by atoms with Crippen LogP contribution in [0, 0.1) is 5.92 Å². The van der Waals surface area contributed by atoms with Crippen LogP contribution in [0.5, 0.6) is 0 Å². The summed E-state index contributed by atoms with van der Waals surface area (Å²) in [6.45, 7) is 0. The van der Waals surface area contributed by atoms with Gasteiger partial charge in [-0.2, -0.15) is 0 Å². The summed E-state index contributed by atoms with van der Waals surface area (Å²) in [7, 11) is -2.04. The second kappa shape index (κ2) is 10.0. The Morgan fingerprint density at radius 3 is 2.28 bits per heavy atom. The number of hydrogen-bond donors (Lipinski definition) is 2. The molecule has 3 rings (SSSR count). The van der Waals surface area contributed by atoms with Crippen molar-refractivity contribution < 1.29 is 13.2 Å². The molecule has 1 aliphatic rings. The van der Waals surface area contributed by atoms with Crippen LogP contribution in [0.1, 0.15) is 55.7 Å². The van der Waals surface area contributed by atoms with E-state index < -0.39 is 10.0 Å². The third-order valence-electron chi connectivity index (χ3n) is 5.74. The number of hydrogen-bond acceptors (Lipinski definition) is 3. The fourth-order valence-corrected chi connectivity index (χ4v) is 4.79. The molecule has 1 amide bonds. The van der Waals surface area contributed by atoms with E-state index in [9.17, 15) is 13.2 Å². The molecule has 2 aromatic rings. The zero-order valence-corrected chi connectivity index (χ0v) is 17.8. The summed E-state index contributed by atoms with van der Waals surface area (Å²) < 4.78 is 25.9. The van der Waals surface area contributed by atoms with Gasteiger partial charge in [0.1, 0.15) is 0 Å². The van der Waals surface area contributed by atoms with E-state index in [1.165, 1.54) is 31.9 Å². The number of sulfonamides is 1. The Hall–Kier alpha value is -2.18. The van der Waals surface area contributed by atoms with Crippen molar-refractivity contribution in [1.82, 2.24) is 10.0 Å². The summed E-state index contributed by atoms with van der Waals surface area (Å²) >= 11 is 0. The van der Waals surface area contributed by atoms with Crippen LogP contribution >= 0.6 is 0 Å². The van der Waals surface area contributed by atoms with Crippen LogP contribution in [0.25, 0.3) is 0 Å². The van der Waals surface area contributed by atoms with E-state index in [0.29, 0.717) is 18.8 Å². The van der Waals surface area contributed by atoms with Crippen molar-refractivity contribution >= 4 is 15.9 Å². The maximum absolute atomic E-state index is 12.7. The highest BCUT2D eigenvalue weighted by Crippen LogP contribution is 2.34. The smallest absolute Gasteiger partial charge is 0.240 e. The first-order valence-electron chi connectivity index (χ1n) is 10.4. The van der Waals surface area contributed by atoms with Crippen molar-refractivity contribution in [2.45, 2.75) is 55.9 Å². The molecule has 2 N–H and O–H groups in total. The monoisotopic (exact) mass is 414 g/mol. The van der Waals surface area contributed by atoms with Gasteiger partial charge in [0.15, 0.2) is 0 Å². The maximum atomic E-state index is 12.7. The topological polar surface area (TPSA) is 75.3 Å². The average Bonchev–Trinajstić information content (AvgIpc) is 2.77. The summed E-state index contributed by atoms with van der Waals surface area (Å²) in [6, 6.07) is 17.0. The fourth-order valence-electron chi connectivity index (χ4n) is 4.06. The number of amides is 1. The number of benzene rings is 2. The molecule has 6 heteroatoms. The first kappa shape index (κ1) is 21.5. The van der Waals surface area contributed by atoms with Crippen LogP contribution in [0.2, 0.25) is 0 Å². The van der Waals surface area contributed by atoms with E-state index in [4.69, 9.17) is 0 Å². The highest BCUT2D eigenvalue weighted by Gasteiger charge is 2.26. The van der Waals surface area contributed by atoms with Gasteiger partial charge in [-0.3, -0.25) is 4.79 Å². The molecule has 1 fully saturated rings. The molecule has 0 bridgehead atoms. The first-order valence-corrected chi connectivity index (χ1v) is 11.8. The van der Waals surface area contributed by atoms with Crippen LogP contribution in [-0.4, -0.2) is 21.4 Å². The predicted octanol–water partition coefficient (Wildman–Crippen LogP) is 3.97. The zero-order chi connectivity index (χ0) is 20.7. The highest BCUT2D eigenvalue weighted by atomic mass is 32.2. The van der Waals surface area contributed by atoms with Gasteiger partial charge in [-0.15, -0.1) is 0 Å². The van der Waals surface area contributed by atoms with Crippen LogP contribution < -0.4 is 10.0 Å². The van der Waals surface area contributed by atoms with Crippen LogP contribution in [-0.2, 0) is 21.2 Å². The number of aryl methyl sites for hydroxylation is 1. The molecule has 0 heterocycles.